The molecule has 10 heteroatoms. The van der Waals surface area contributed by atoms with Crippen LogP contribution in [0.1, 0.15) is 48.5 Å². The van der Waals surface area contributed by atoms with E-state index < -0.39 is 12.2 Å². The van der Waals surface area contributed by atoms with Crippen LogP contribution in [0, 0.1) is 5.92 Å². The van der Waals surface area contributed by atoms with Gasteiger partial charge in [-0.1, -0.05) is 60.7 Å². The molecule has 0 spiro atoms. The standard InChI is InChI=1S/C42H46N4O6/c47-38-16-14-34(35-15-17-40(49)44-41(35)38)39(48)26-43-25-29-8-6-11-32(23-29)52-22-5-4-7-28-12-13-33(30-9-2-1-3-10-30)36(24-28)46(42(50)51)37-27-45-20-18-31(37)19-21-45/h1-3,6,8-17,23-24,31,37,39,43,47-48H,4-5,7,18-22,25-27H2,(H,44,49)(H,50,51)/t37?,39-/m0/s1. The Balaban J connectivity index is 0.935. The summed E-state index contributed by atoms with van der Waals surface area (Å²) in [5.74, 6) is 1.12. The highest BCUT2D eigenvalue weighted by Gasteiger charge is 2.40. The molecule has 5 N–H and O–H groups in total. The number of rotatable bonds is 14. The topological polar surface area (TPSA) is 138 Å². The summed E-state index contributed by atoms with van der Waals surface area (Å²) in [4.78, 5) is 31.3. The first-order valence-corrected chi connectivity index (χ1v) is 18.2. The highest BCUT2D eigenvalue weighted by molar-refractivity contribution is 5.94. The number of carbonyl (C=O) groups is 1. The maximum atomic E-state index is 12.9. The number of aromatic nitrogens is 1. The molecule has 5 aromatic rings. The maximum Gasteiger partial charge on any atom is 0.412 e. The van der Waals surface area contributed by atoms with E-state index in [-0.39, 0.29) is 23.9 Å². The number of nitrogens with one attached hydrogen (secondary N) is 2. The van der Waals surface area contributed by atoms with Crippen LogP contribution in [0.5, 0.6) is 11.5 Å². The molecule has 0 radical (unpaired) electrons. The Bertz CT molecular complexity index is 2060. The van der Waals surface area contributed by atoms with E-state index in [1.807, 2.05) is 54.6 Å². The molecule has 0 aliphatic carbocycles. The third-order valence-corrected chi connectivity index (χ3v) is 10.5. The number of amides is 1. The molecule has 3 saturated heterocycles. The number of H-pyrrole nitrogens is 1. The minimum Gasteiger partial charge on any atom is -0.506 e. The lowest BCUT2D eigenvalue weighted by Crippen LogP contribution is -2.59. The number of piperidine rings is 3. The second kappa shape index (κ2) is 16.0. The van der Waals surface area contributed by atoms with Crippen molar-refractivity contribution in [2.45, 2.75) is 50.8 Å². The van der Waals surface area contributed by atoms with Crippen LogP contribution < -0.4 is 20.5 Å². The van der Waals surface area contributed by atoms with Crippen LogP contribution in [-0.4, -0.2) is 70.1 Å². The zero-order chi connectivity index (χ0) is 36.0. The summed E-state index contributed by atoms with van der Waals surface area (Å²) < 4.78 is 6.11. The Hall–Kier alpha value is -5.16. The van der Waals surface area contributed by atoms with Crippen LogP contribution >= 0.6 is 0 Å². The smallest absolute Gasteiger partial charge is 0.412 e. The quantitative estimate of drug-likeness (QED) is 0.0806. The molecule has 4 aromatic carbocycles. The Morgan fingerprint density at radius 3 is 2.54 bits per heavy atom. The fourth-order valence-electron chi connectivity index (χ4n) is 7.82. The molecule has 8 rings (SSSR count). The van der Waals surface area contributed by atoms with E-state index in [2.05, 4.69) is 33.4 Å². The lowest BCUT2D eigenvalue weighted by Gasteiger charge is -2.48. The highest BCUT2D eigenvalue weighted by Crippen LogP contribution is 2.39. The summed E-state index contributed by atoms with van der Waals surface area (Å²) in [5.41, 5.74) is 5.48. The number of hydrogen-bond donors (Lipinski definition) is 5. The van der Waals surface area contributed by atoms with E-state index in [0.717, 1.165) is 85.4 Å². The van der Waals surface area contributed by atoms with Crippen LogP contribution in [0.25, 0.3) is 22.0 Å². The predicted molar refractivity (Wildman–Crippen MR) is 203 cm³/mol. The van der Waals surface area contributed by atoms with Crippen molar-refractivity contribution < 1.29 is 24.9 Å². The molecule has 1 aromatic heterocycles. The molecular weight excluding hydrogens is 656 g/mol. The normalized spacial score (nSPS) is 18.7. The lowest BCUT2D eigenvalue weighted by molar-refractivity contribution is 0.0837. The van der Waals surface area contributed by atoms with Gasteiger partial charge in [-0.15, -0.1) is 0 Å². The number of phenolic OH excluding ortho intramolecular Hbond substituents is 1. The third-order valence-electron chi connectivity index (χ3n) is 10.5. The second-order valence-electron chi connectivity index (χ2n) is 14.0. The number of aromatic amines is 1. The Morgan fingerprint density at radius 1 is 0.942 bits per heavy atom. The van der Waals surface area contributed by atoms with Gasteiger partial charge in [0, 0.05) is 36.7 Å². The van der Waals surface area contributed by atoms with Crippen LogP contribution in [0.2, 0.25) is 0 Å². The molecule has 2 bridgehead atoms. The Kier molecular flexibility index (Phi) is 10.9. The van der Waals surface area contributed by atoms with Gasteiger partial charge in [0.05, 0.1) is 30.0 Å². The number of fused-ring (bicyclic) bond motifs is 4. The van der Waals surface area contributed by atoms with Crippen molar-refractivity contribution in [1.29, 1.82) is 0 Å². The lowest BCUT2D eigenvalue weighted by atomic mass is 9.82. The highest BCUT2D eigenvalue weighted by atomic mass is 16.5. The number of aromatic hydroxyl groups is 1. The molecule has 1 unspecified atom stereocenters. The predicted octanol–water partition coefficient (Wildman–Crippen LogP) is 6.70. The number of anilines is 1. The van der Waals surface area contributed by atoms with Crippen molar-refractivity contribution in [3.8, 4) is 22.6 Å². The van der Waals surface area contributed by atoms with Crippen molar-refractivity contribution in [3.05, 3.63) is 124 Å². The minimum atomic E-state index is -0.889. The number of pyridine rings is 1. The van der Waals surface area contributed by atoms with Gasteiger partial charge in [-0.05, 0) is 104 Å². The molecular formula is C42H46N4O6. The van der Waals surface area contributed by atoms with Gasteiger partial charge in [-0.2, -0.15) is 0 Å². The van der Waals surface area contributed by atoms with Crippen LogP contribution in [0.4, 0.5) is 10.5 Å². The summed E-state index contributed by atoms with van der Waals surface area (Å²) >= 11 is 0. The molecule has 3 fully saturated rings. The van der Waals surface area contributed by atoms with Gasteiger partial charge >= 0.3 is 6.09 Å². The van der Waals surface area contributed by atoms with Gasteiger partial charge in [-0.25, -0.2) is 4.79 Å². The molecule has 3 aliphatic rings. The number of phenols is 1. The van der Waals surface area contributed by atoms with E-state index in [0.29, 0.717) is 35.5 Å². The number of carboxylic acid groups (broad SMARTS) is 1. The molecule has 2 atom stereocenters. The molecule has 270 valence electrons. The summed E-state index contributed by atoms with van der Waals surface area (Å²) in [6.45, 7) is 4.25. The van der Waals surface area contributed by atoms with Crippen molar-refractivity contribution in [1.82, 2.24) is 15.2 Å². The number of aliphatic hydroxyl groups excluding tert-OH is 1. The first kappa shape index (κ1) is 35.3. The summed E-state index contributed by atoms with van der Waals surface area (Å²) in [6, 6.07) is 30.3. The molecule has 52 heavy (non-hydrogen) atoms. The fraction of sp³-hybridized carbons (Fsp3) is 0.333. The van der Waals surface area contributed by atoms with Crippen LogP contribution in [0.3, 0.4) is 0 Å². The zero-order valence-electron chi connectivity index (χ0n) is 29.2. The molecule has 4 heterocycles. The number of benzene rings is 4. The Labute approximate surface area is 303 Å². The molecule has 1 amide bonds. The fourth-order valence-corrected chi connectivity index (χ4v) is 7.82. The summed E-state index contributed by atoms with van der Waals surface area (Å²) in [5, 5.41) is 35.5. The average Bonchev–Trinajstić information content (AvgIpc) is 3.16. The SMILES string of the molecule is O=C(O)N(c1cc(CCCCOc2cccc(CNC[C@H](O)c3ccc(O)c4[nH]c(=O)ccc34)c2)ccc1-c1ccccc1)C1CN2CCC1CC2. The van der Waals surface area contributed by atoms with Gasteiger partial charge in [0.25, 0.3) is 0 Å². The van der Waals surface area contributed by atoms with Crippen LogP contribution in [-0.2, 0) is 13.0 Å². The van der Waals surface area contributed by atoms with Gasteiger partial charge < -0.3 is 35.3 Å². The number of ether oxygens (including phenoxy) is 1. The van der Waals surface area contributed by atoms with E-state index >= 15 is 0 Å². The maximum absolute atomic E-state index is 12.9. The number of nitrogens with zero attached hydrogens (tertiary/aromatic N) is 2. The third kappa shape index (κ3) is 7.99. The Morgan fingerprint density at radius 2 is 1.77 bits per heavy atom. The van der Waals surface area contributed by atoms with Crippen molar-refractivity contribution in [2.75, 3.05) is 37.7 Å². The van der Waals surface area contributed by atoms with Gasteiger partial charge in [0.2, 0.25) is 5.56 Å². The number of unbranched alkanes of at least 4 members (excludes halogenated alkanes) is 1. The first-order valence-electron chi connectivity index (χ1n) is 18.2. The van der Waals surface area contributed by atoms with E-state index in [9.17, 15) is 24.9 Å². The van der Waals surface area contributed by atoms with Crippen LogP contribution in [0.15, 0.2) is 102 Å². The van der Waals surface area contributed by atoms with E-state index in [1.165, 1.54) is 12.1 Å². The van der Waals surface area contributed by atoms with Crippen molar-refractivity contribution in [2.24, 2.45) is 5.92 Å². The minimum absolute atomic E-state index is 0.0398. The van der Waals surface area contributed by atoms with E-state index in [1.54, 1.807) is 17.0 Å². The molecule has 10 nitrogen and oxygen atoms in total. The monoisotopic (exact) mass is 702 g/mol. The molecule has 0 saturated carbocycles. The van der Waals surface area contributed by atoms with E-state index in [4.69, 9.17) is 4.74 Å². The van der Waals surface area contributed by atoms with Crippen molar-refractivity contribution >= 4 is 22.7 Å². The molecule has 3 aliphatic heterocycles. The number of aryl methyl sites for hydroxylation is 1. The second-order valence-corrected chi connectivity index (χ2v) is 14.0. The van der Waals surface area contributed by atoms with Crippen molar-refractivity contribution in [3.63, 3.8) is 0 Å². The van der Waals surface area contributed by atoms with Gasteiger partial charge in [0.1, 0.15) is 11.5 Å². The number of hydrogen-bond acceptors (Lipinski definition) is 7. The number of aliphatic hydroxyl groups is 1. The average molecular weight is 703 g/mol. The zero-order valence-corrected chi connectivity index (χ0v) is 29.2. The largest absolute Gasteiger partial charge is 0.506 e. The van der Waals surface area contributed by atoms with Gasteiger partial charge in [0.15, 0.2) is 0 Å². The summed E-state index contributed by atoms with van der Waals surface area (Å²) in [6.07, 6.45) is 2.92. The first-order chi connectivity index (χ1) is 25.3. The summed E-state index contributed by atoms with van der Waals surface area (Å²) in [7, 11) is 0. The van der Waals surface area contributed by atoms with Gasteiger partial charge in [-0.3, -0.25) is 9.69 Å².